The van der Waals surface area contributed by atoms with Gasteiger partial charge >= 0.3 is 0 Å². The second kappa shape index (κ2) is 12.2. The number of ether oxygens (including phenoxy) is 1. The number of rotatable bonds is 12. The Morgan fingerprint density at radius 1 is 1.03 bits per heavy atom. The van der Waals surface area contributed by atoms with E-state index in [-0.39, 0.29) is 18.2 Å². The van der Waals surface area contributed by atoms with Crippen molar-refractivity contribution in [3.05, 3.63) is 64.3 Å². The van der Waals surface area contributed by atoms with Gasteiger partial charge in [-0.1, -0.05) is 24.4 Å². The molecule has 2 N–H and O–H groups in total. The summed E-state index contributed by atoms with van der Waals surface area (Å²) in [5, 5.41) is 7.00. The van der Waals surface area contributed by atoms with Crippen LogP contribution in [0.2, 0.25) is 5.02 Å². The summed E-state index contributed by atoms with van der Waals surface area (Å²) in [7, 11) is 1.59. The van der Waals surface area contributed by atoms with Crippen molar-refractivity contribution >= 4 is 40.7 Å². The Hall–Kier alpha value is -3.32. The van der Waals surface area contributed by atoms with Gasteiger partial charge in [-0.3, -0.25) is 19.0 Å². The summed E-state index contributed by atoms with van der Waals surface area (Å²) in [4.78, 5) is 36.3. The van der Waals surface area contributed by atoms with Crippen LogP contribution in [0.15, 0.2) is 42.5 Å². The largest absolute Gasteiger partial charge is 0.497 e. The number of carbonyl (C=O) groups excluding carboxylic acids is 3. The Labute approximate surface area is 204 Å². The van der Waals surface area contributed by atoms with Gasteiger partial charge < -0.3 is 15.4 Å². The minimum Gasteiger partial charge on any atom is -0.497 e. The fraction of sp³-hybridized carbons (Fsp3) is 0.346. The van der Waals surface area contributed by atoms with Crippen LogP contribution in [-0.2, 0) is 16.0 Å². The molecule has 1 aromatic heterocycles. The first-order valence-electron chi connectivity index (χ1n) is 11.4. The Kier molecular flexibility index (Phi) is 9.10. The zero-order chi connectivity index (χ0) is 24.5. The fourth-order valence-corrected chi connectivity index (χ4v) is 4.14. The number of halogens is 1. The summed E-state index contributed by atoms with van der Waals surface area (Å²) in [6, 6.07) is 12.3. The number of amides is 2. The third-order valence-electron chi connectivity index (χ3n) is 5.83. The number of fused-ring (bicyclic) bond motifs is 1. The van der Waals surface area contributed by atoms with Crippen LogP contribution in [0.1, 0.15) is 47.3 Å². The normalized spacial score (nSPS) is 10.8. The molecule has 3 aromatic rings. The van der Waals surface area contributed by atoms with Gasteiger partial charge in [0.25, 0.3) is 5.91 Å². The molecule has 0 fully saturated rings. The minimum atomic E-state index is -0.180. The Balaban J connectivity index is 1.75. The number of hydrogen-bond donors (Lipinski definition) is 2. The van der Waals surface area contributed by atoms with Gasteiger partial charge in [-0.2, -0.15) is 0 Å². The number of hydrogen-bond acceptors (Lipinski definition) is 4. The predicted molar refractivity (Wildman–Crippen MR) is 134 cm³/mol. The van der Waals surface area contributed by atoms with Gasteiger partial charge in [-0.15, -0.1) is 0 Å². The van der Waals surface area contributed by atoms with Crippen LogP contribution in [0.4, 0.5) is 0 Å². The molecule has 7 nitrogen and oxygen atoms in total. The van der Waals surface area contributed by atoms with E-state index < -0.39 is 0 Å². The van der Waals surface area contributed by atoms with Crippen LogP contribution >= 0.6 is 11.6 Å². The summed E-state index contributed by atoms with van der Waals surface area (Å²) in [5.41, 5.74) is 2.76. The van der Waals surface area contributed by atoms with Crippen molar-refractivity contribution in [2.45, 2.75) is 39.0 Å². The van der Waals surface area contributed by atoms with Crippen molar-refractivity contribution < 1.29 is 19.1 Å². The van der Waals surface area contributed by atoms with Gasteiger partial charge in [0.2, 0.25) is 12.3 Å². The van der Waals surface area contributed by atoms with Gasteiger partial charge in [-0.05, 0) is 67.8 Å². The molecule has 3 rings (SSSR count). The molecule has 180 valence electrons. The predicted octanol–water partition coefficient (Wildman–Crippen LogP) is 4.27. The third kappa shape index (κ3) is 6.17. The monoisotopic (exact) mass is 483 g/mol. The number of aromatic nitrogens is 1. The molecule has 2 amide bonds. The lowest BCUT2D eigenvalue weighted by Gasteiger charge is -2.08. The first-order chi connectivity index (χ1) is 16.5. The molecule has 0 atom stereocenters. The number of carbonyl (C=O) groups is 3. The Morgan fingerprint density at radius 2 is 1.74 bits per heavy atom. The van der Waals surface area contributed by atoms with Crippen LogP contribution in [0.3, 0.4) is 0 Å². The maximum Gasteiger partial charge on any atom is 0.262 e. The molecule has 0 aliphatic heterocycles. The number of benzene rings is 2. The van der Waals surface area contributed by atoms with Crippen LogP contribution in [-0.4, -0.2) is 43.0 Å². The van der Waals surface area contributed by atoms with Crippen LogP contribution in [0.25, 0.3) is 10.9 Å². The third-order valence-corrected chi connectivity index (χ3v) is 6.08. The standard InChI is InChI=1S/C26H30ClN3O4/c1-18-22(16-25(32)29-14-6-4-3-5-13-28-17-31)23-15-21(34-2)11-12-24(23)30(18)26(33)19-7-9-20(27)10-8-19/h7-12,15,17H,3-6,13-14,16H2,1-2H3,(H,28,31)(H,29,32). The summed E-state index contributed by atoms with van der Waals surface area (Å²) in [6.45, 7) is 3.12. The Bertz CT molecular complexity index is 1160. The smallest absolute Gasteiger partial charge is 0.262 e. The van der Waals surface area contributed by atoms with E-state index in [1.54, 1.807) is 35.9 Å². The minimum absolute atomic E-state index is 0.0912. The highest BCUT2D eigenvalue weighted by atomic mass is 35.5. The number of unbranched alkanes of at least 4 members (excludes halogenated alkanes) is 3. The maximum absolute atomic E-state index is 13.3. The van der Waals surface area contributed by atoms with E-state index in [2.05, 4.69) is 10.6 Å². The maximum atomic E-state index is 13.3. The van der Waals surface area contributed by atoms with Gasteiger partial charge in [0, 0.05) is 34.8 Å². The molecule has 0 aliphatic rings. The van der Waals surface area contributed by atoms with E-state index in [9.17, 15) is 14.4 Å². The van der Waals surface area contributed by atoms with Gasteiger partial charge in [0.1, 0.15) is 5.75 Å². The van der Waals surface area contributed by atoms with E-state index in [0.29, 0.717) is 35.8 Å². The zero-order valence-electron chi connectivity index (χ0n) is 19.5. The topological polar surface area (TPSA) is 89.4 Å². The molecular formula is C26H30ClN3O4. The average Bonchev–Trinajstić information content (AvgIpc) is 3.11. The van der Waals surface area contributed by atoms with Gasteiger partial charge in [-0.25, -0.2) is 0 Å². The molecule has 2 aromatic carbocycles. The lowest BCUT2D eigenvalue weighted by Crippen LogP contribution is -2.26. The molecular weight excluding hydrogens is 454 g/mol. The van der Waals surface area contributed by atoms with Crippen LogP contribution in [0.5, 0.6) is 5.75 Å². The van der Waals surface area contributed by atoms with Crippen LogP contribution in [0, 0.1) is 6.92 Å². The highest BCUT2D eigenvalue weighted by Gasteiger charge is 2.22. The fourth-order valence-electron chi connectivity index (χ4n) is 4.01. The molecule has 34 heavy (non-hydrogen) atoms. The second-order valence-electron chi connectivity index (χ2n) is 8.11. The molecule has 8 heteroatoms. The van der Waals surface area contributed by atoms with Crippen LogP contribution < -0.4 is 15.4 Å². The van der Waals surface area contributed by atoms with E-state index in [1.807, 2.05) is 25.1 Å². The van der Waals surface area contributed by atoms with Gasteiger partial charge in [0.05, 0.1) is 19.0 Å². The number of methoxy groups -OCH3 is 1. The number of nitrogens with zero attached hydrogens (tertiary/aromatic N) is 1. The van der Waals surface area contributed by atoms with E-state index in [1.165, 1.54) is 0 Å². The quantitative estimate of drug-likeness (QED) is 0.297. The number of nitrogens with one attached hydrogen (secondary N) is 2. The molecule has 0 saturated carbocycles. The molecule has 1 heterocycles. The highest BCUT2D eigenvalue weighted by Crippen LogP contribution is 2.30. The zero-order valence-corrected chi connectivity index (χ0v) is 20.3. The molecule has 0 bridgehead atoms. The average molecular weight is 484 g/mol. The van der Waals surface area contributed by atoms with Gasteiger partial charge in [0.15, 0.2) is 0 Å². The molecule has 0 aliphatic carbocycles. The van der Waals surface area contributed by atoms with E-state index in [4.69, 9.17) is 16.3 Å². The lowest BCUT2D eigenvalue weighted by molar-refractivity contribution is -0.120. The van der Waals surface area contributed by atoms with Crippen molar-refractivity contribution in [1.29, 1.82) is 0 Å². The highest BCUT2D eigenvalue weighted by molar-refractivity contribution is 6.30. The molecule has 0 spiro atoms. The summed E-state index contributed by atoms with van der Waals surface area (Å²) >= 11 is 5.98. The van der Waals surface area contributed by atoms with Crippen molar-refractivity contribution in [2.24, 2.45) is 0 Å². The molecule has 0 unspecified atom stereocenters. The molecule has 0 saturated heterocycles. The summed E-state index contributed by atoms with van der Waals surface area (Å²) in [6.07, 6.45) is 4.64. The first-order valence-corrected chi connectivity index (χ1v) is 11.8. The van der Waals surface area contributed by atoms with E-state index >= 15 is 0 Å². The lowest BCUT2D eigenvalue weighted by atomic mass is 10.1. The van der Waals surface area contributed by atoms with Crippen molar-refractivity contribution in [3.63, 3.8) is 0 Å². The van der Waals surface area contributed by atoms with Crippen molar-refractivity contribution in [1.82, 2.24) is 15.2 Å². The first kappa shape index (κ1) is 25.3. The summed E-state index contributed by atoms with van der Waals surface area (Å²) in [5.74, 6) is 0.390. The van der Waals surface area contributed by atoms with E-state index in [0.717, 1.165) is 47.8 Å². The second-order valence-corrected chi connectivity index (χ2v) is 8.54. The Morgan fingerprint density at radius 3 is 2.41 bits per heavy atom. The van der Waals surface area contributed by atoms with Crippen molar-refractivity contribution in [2.75, 3.05) is 20.2 Å². The summed E-state index contributed by atoms with van der Waals surface area (Å²) < 4.78 is 7.03. The molecule has 0 radical (unpaired) electrons. The van der Waals surface area contributed by atoms with Crippen molar-refractivity contribution in [3.8, 4) is 5.75 Å². The SMILES string of the molecule is COc1ccc2c(c1)c(CC(=O)NCCCCCCNC=O)c(C)n2C(=O)c1ccc(Cl)cc1.